The van der Waals surface area contributed by atoms with Crippen LogP contribution < -0.4 is 5.11 Å². The highest BCUT2D eigenvalue weighted by atomic mass is 32.2. The summed E-state index contributed by atoms with van der Waals surface area (Å²) in [6.45, 7) is 0. The Morgan fingerprint density at radius 3 is 2.29 bits per heavy atom. The fourth-order valence-electron chi connectivity index (χ4n) is 2.35. The first kappa shape index (κ1) is 13.7. The summed E-state index contributed by atoms with van der Waals surface area (Å²) in [5.41, 5.74) is 0.780. The molecule has 0 aliphatic carbocycles. The average molecular weight is 293 g/mol. The molecule has 0 fully saturated rings. The van der Waals surface area contributed by atoms with Crippen molar-refractivity contribution in [1.29, 1.82) is 0 Å². The van der Waals surface area contributed by atoms with Gasteiger partial charge in [0.1, 0.15) is 0 Å². The summed E-state index contributed by atoms with van der Waals surface area (Å²) in [5.74, 6) is -1.07. The van der Waals surface area contributed by atoms with Gasteiger partial charge < -0.3 is 9.90 Å². The van der Waals surface area contributed by atoms with Gasteiger partial charge in [0.2, 0.25) is 0 Å². The number of rotatable bonds is 4. The quantitative estimate of drug-likeness (QED) is 0.692. The fraction of sp³-hybridized carbons (Fsp3) is 0.0556. The molecule has 104 valence electrons. The van der Waals surface area contributed by atoms with E-state index in [1.165, 1.54) is 11.8 Å². The molecule has 0 amide bonds. The largest absolute Gasteiger partial charge is 0.549 e. The third-order valence-electron chi connectivity index (χ3n) is 3.32. The monoisotopic (exact) mass is 293 g/mol. The van der Waals surface area contributed by atoms with Crippen molar-refractivity contribution >= 4 is 28.5 Å². The third kappa shape index (κ3) is 2.93. The Bertz CT molecular complexity index is 763. The molecule has 1 atom stereocenters. The van der Waals surface area contributed by atoms with Gasteiger partial charge in [-0.1, -0.05) is 60.7 Å². The molecule has 3 rings (SSSR count). The summed E-state index contributed by atoms with van der Waals surface area (Å²) in [6.07, 6.45) is 0. The van der Waals surface area contributed by atoms with E-state index in [2.05, 4.69) is 0 Å². The summed E-state index contributed by atoms with van der Waals surface area (Å²) in [6, 6.07) is 23.1. The van der Waals surface area contributed by atoms with Crippen molar-refractivity contribution in [3.63, 3.8) is 0 Å². The Hall–Kier alpha value is -2.26. The predicted octanol–water partition coefficient (Wildman–Crippen LogP) is 3.42. The third-order valence-corrected chi connectivity index (χ3v) is 4.54. The second-order valence-corrected chi connectivity index (χ2v) is 5.88. The van der Waals surface area contributed by atoms with E-state index in [9.17, 15) is 9.90 Å². The van der Waals surface area contributed by atoms with Crippen molar-refractivity contribution in [2.24, 2.45) is 0 Å². The smallest absolute Gasteiger partial charge is 0.0745 e. The van der Waals surface area contributed by atoms with Crippen LogP contribution in [0.2, 0.25) is 0 Å². The molecule has 0 saturated heterocycles. The average Bonchev–Trinajstić information content (AvgIpc) is 2.53. The van der Waals surface area contributed by atoms with E-state index in [1.54, 1.807) is 0 Å². The molecule has 0 aliphatic heterocycles. The van der Waals surface area contributed by atoms with Crippen LogP contribution in [0.1, 0.15) is 10.8 Å². The topological polar surface area (TPSA) is 40.1 Å². The van der Waals surface area contributed by atoms with Crippen LogP contribution in [0, 0.1) is 0 Å². The summed E-state index contributed by atoms with van der Waals surface area (Å²) < 4.78 is 0. The first-order valence-corrected chi connectivity index (χ1v) is 7.54. The molecule has 0 aliphatic rings. The number of hydrogen-bond acceptors (Lipinski definition) is 3. The highest BCUT2D eigenvalue weighted by Gasteiger charge is 2.16. The van der Waals surface area contributed by atoms with Crippen LogP contribution in [0.4, 0.5) is 0 Å². The summed E-state index contributed by atoms with van der Waals surface area (Å²) >= 11 is 1.30. The number of hydrogen-bond donors (Lipinski definition) is 0. The van der Waals surface area contributed by atoms with Crippen LogP contribution >= 0.6 is 11.8 Å². The van der Waals surface area contributed by atoms with Crippen molar-refractivity contribution in [2.45, 2.75) is 10.1 Å². The van der Waals surface area contributed by atoms with Gasteiger partial charge in [-0.2, -0.15) is 0 Å². The second-order valence-electron chi connectivity index (χ2n) is 4.70. The molecule has 0 radical (unpaired) electrons. The predicted molar refractivity (Wildman–Crippen MR) is 84.0 cm³/mol. The Morgan fingerprint density at radius 2 is 1.52 bits per heavy atom. The van der Waals surface area contributed by atoms with Gasteiger partial charge in [0.05, 0.1) is 11.2 Å². The minimum absolute atomic E-state index is 0.724. The molecule has 3 aromatic rings. The van der Waals surface area contributed by atoms with E-state index in [1.807, 2.05) is 72.8 Å². The van der Waals surface area contributed by atoms with E-state index < -0.39 is 11.2 Å². The Balaban J connectivity index is 2.06. The lowest BCUT2D eigenvalue weighted by atomic mass is 10.0. The molecule has 0 spiro atoms. The van der Waals surface area contributed by atoms with Gasteiger partial charge in [0.15, 0.2) is 0 Å². The van der Waals surface area contributed by atoms with Gasteiger partial charge >= 0.3 is 0 Å². The van der Waals surface area contributed by atoms with Gasteiger partial charge in [0.25, 0.3) is 0 Å². The van der Waals surface area contributed by atoms with Gasteiger partial charge in [-0.25, -0.2) is 0 Å². The van der Waals surface area contributed by atoms with Crippen LogP contribution in [-0.2, 0) is 4.79 Å². The maximum absolute atomic E-state index is 11.6. The Kier molecular flexibility index (Phi) is 3.93. The van der Waals surface area contributed by atoms with Crippen molar-refractivity contribution in [1.82, 2.24) is 0 Å². The van der Waals surface area contributed by atoms with Gasteiger partial charge in [-0.3, -0.25) is 0 Å². The van der Waals surface area contributed by atoms with Crippen LogP contribution in [0.3, 0.4) is 0 Å². The molecular formula is C18H13O2S-. The number of thioether (sulfide) groups is 1. The van der Waals surface area contributed by atoms with E-state index in [0.717, 1.165) is 21.2 Å². The Labute approximate surface area is 127 Å². The second kappa shape index (κ2) is 6.02. The normalized spacial score (nSPS) is 12.2. The van der Waals surface area contributed by atoms with Crippen LogP contribution in [0.15, 0.2) is 77.7 Å². The van der Waals surface area contributed by atoms with Crippen molar-refractivity contribution < 1.29 is 9.90 Å². The molecular weight excluding hydrogens is 280 g/mol. The van der Waals surface area contributed by atoms with E-state index in [0.29, 0.717) is 0 Å². The number of aliphatic carboxylic acids is 1. The zero-order valence-electron chi connectivity index (χ0n) is 11.2. The molecule has 3 heteroatoms. The lowest BCUT2D eigenvalue weighted by Gasteiger charge is -2.20. The van der Waals surface area contributed by atoms with Crippen molar-refractivity contribution in [3.05, 3.63) is 78.4 Å². The summed E-state index contributed by atoms with van der Waals surface area (Å²) in [4.78, 5) is 12.5. The lowest BCUT2D eigenvalue weighted by molar-refractivity contribution is -0.305. The number of benzene rings is 3. The van der Waals surface area contributed by atoms with E-state index in [-0.39, 0.29) is 0 Å². The molecule has 3 aromatic carbocycles. The standard InChI is InChI=1S/C18H14O2S/c19-18(20)17(21-14-9-2-1-3-10-14)16-12-6-8-13-7-4-5-11-15(13)16/h1-12,17H,(H,19,20)/p-1. The Morgan fingerprint density at radius 1 is 0.857 bits per heavy atom. The molecule has 1 unspecified atom stereocenters. The van der Waals surface area contributed by atoms with E-state index >= 15 is 0 Å². The zero-order valence-corrected chi connectivity index (χ0v) is 12.0. The van der Waals surface area contributed by atoms with Crippen molar-refractivity contribution in [2.75, 3.05) is 0 Å². The molecule has 0 saturated carbocycles. The molecule has 21 heavy (non-hydrogen) atoms. The van der Waals surface area contributed by atoms with Gasteiger partial charge in [-0.05, 0) is 28.5 Å². The highest BCUT2D eigenvalue weighted by Crippen LogP contribution is 2.37. The number of carbonyl (C=O) groups is 1. The molecule has 0 N–H and O–H groups in total. The first-order valence-electron chi connectivity index (χ1n) is 6.66. The zero-order chi connectivity index (χ0) is 14.7. The van der Waals surface area contributed by atoms with Gasteiger partial charge in [0, 0.05) is 4.90 Å². The minimum atomic E-state index is -1.07. The minimum Gasteiger partial charge on any atom is -0.549 e. The van der Waals surface area contributed by atoms with Crippen LogP contribution in [-0.4, -0.2) is 5.97 Å². The number of fused-ring (bicyclic) bond motifs is 1. The number of carboxylic acid groups (broad SMARTS) is 1. The maximum Gasteiger partial charge on any atom is 0.0745 e. The van der Waals surface area contributed by atoms with Gasteiger partial charge in [-0.15, -0.1) is 11.8 Å². The summed E-state index contributed by atoms with van der Waals surface area (Å²) in [7, 11) is 0. The number of carboxylic acids is 1. The molecule has 0 bridgehead atoms. The SMILES string of the molecule is O=C([O-])C(Sc1ccccc1)c1cccc2ccccc12. The highest BCUT2D eigenvalue weighted by molar-refractivity contribution is 8.00. The number of carbonyl (C=O) groups excluding carboxylic acids is 1. The van der Waals surface area contributed by atoms with Crippen molar-refractivity contribution in [3.8, 4) is 0 Å². The van der Waals surface area contributed by atoms with Crippen LogP contribution in [0.25, 0.3) is 10.8 Å². The molecule has 2 nitrogen and oxygen atoms in total. The molecule has 0 heterocycles. The maximum atomic E-state index is 11.6. The fourth-order valence-corrected chi connectivity index (χ4v) is 3.37. The molecule has 0 aromatic heterocycles. The van der Waals surface area contributed by atoms with E-state index in [4.69, 9.17) is 0 Å². The lowest BCUT2D eigenvalue weighted by Crippen LogP contribution is -2.28. The van der Waals surface area contributed by atoms with Crippen LogP contribution in [0.5, 0.6) is 0 Å². The summed E-state index contributed by atoms with van der Waals surface area (Å²) in [5, 5.41) is 12.9. The first-order chi connectivity index (χ1) is 10.3.